The predicted molar refractivity (Wildman–Crippen MR) is 94.0 cm³/mol. The highest BCUT2D eigenvalue weighted by Gasteiger charge is 2.24. The molecule has 0 fully saturated rings. The first-order valence-electron chi connectivity index (χ1n) is 7.52. The number of rotatable bonds is 1. The second-order valence-electron chi connectivity index (χ2n) is 5.39. The molecule has 0 saturated carbocycles. The van der Waals surface area contributed by atoms with Crippen LogP contribution in [0.4, 0.5) is 5.69 Å². The van der Waals surface area contributed by atoms with Crippen molar-refractivity contribution in [3.05, 3.63) is 83.4 Å². The second-order valence-corrected chi connectivity index (χ2v) is 5.39. The van der Waals surface area contributed by atoms with Crippen molar-refractivity contribution in [2.45, 2.75) is 0 Å². The minimum absolute atomic E-state index is 0.100. The lowest BCUT2D eigenvalue weighted by atomic mass is 10.0. The number of nitrogens with one attached hydrogen (secondary N) is 2. The van der Waals surface area contributed by atoms with Gasteiger partial charge in [-0.15, -0.1) is 0 Å². The van der Waals surface area contributed by atoms with Gasteiger partial charge in [0.2, 0.25) is 0 Å². The maximum atomic E-state index is 12.2. The largest absolute Gasteiger partial charge is 0.362 e. The SMILES string of the molecule is O=C1Nc2ccc(C#Cc3cccnc3)cc2/C1=C/c1ccc[nH]1. The van der Waals surface area contributed by atoms with Crippen molar-refractivity contribution >= 4 is 23.2 Å². The van der Waals surface area contributed by atoms with Gasteiger partial charge in [0, 0.05) is 46.7 Å². The van der Waals surface area contributed by atoms with E-state index in [9.17, 15) is 4.79 Å². The van der Waals surface area contributed by atoms with E-state index in [0.717, 1.165) is 28.1 Å². The maximum Gasteiger partial charge on any atom is 0.256 e. The predicted octanol–water partition coefficient (Wildman–Crippen LogP) is 3.30. The molecule has 3 aromatic rings. The van der Waals surface area contributed by atoms with Crippen molar-refractivity contribution in [2.24, 2.45) is 0 Å². The highest BCUT2D eigenvalue weighted by molar-refractivity contribution is 6.34. The van der Waals surface area contributed by atoms with E-state index in [1.54, 1.807) is 12.4 Å². The number of fused-ring (bicyclic) bond motifs is 1. The van der Waals surface area contributed by atoms with Gasteiger partial charge in [-0.1, -0.05) is 11.8 Å². The molecule has 1 amide bonds. The summed E-state index contributed by atoms with van der Waals surface area (Å²) in [6, 6.07) is 13.3. The second kappa shape index (κ2) is 5.90. The van der Waals surface area contributed by atoms with Crippen LogP contribution >= 0.6 is 0 Å². The van der Waals surface area contributed by atoms with Crippen LogP contribution in [0.3, 0.4) is 0 Å². The number of H-pyrrole nitrogens is 1. The van der Waals surface area contributed by atoms with E-state index in [1.165, 1.54) is 0 Å². The Kier molecular flexibility index (Phi) is 3.45. The molecular weight excluding hydrogens is 298 g/mol. The van der Waals surface area contributed by atoms with Gasteiger partial charge in [-0.25, -0.2) is 0 Å². The fourth-order valence-electron chi connectivity index (χ4n) is 2.58. The van der Waals surface area contributed by atoms with Crippen LogP contribution in [0.2, 0.25) is 0 Å². The zero-order valence-electron chi connectivity index (χ0n) is 12.7. The number of anilines is 1. The van der Waals surface area contributed by atoms with Crippen LogP contribution in [0.1, 0.15) is 22.4 Å². The topological polar surface area (TPSA) is 57.8 Å². The molecule has 1 aliphatic rings. The van der Waals surface area contributed by atoms with Gasteiger partial charge >= 0.3 is 0 Å². The van der Waals surface area contributed by atoms with E-state index < -0.39 is 0 Å². The summed E-state index contributed by atoms with van der Waals surface area (Å²) >= 11 is 0. The average Bonchev–Trinajstić information content (AvgIpc) is 3.23. The molecule has 114 valence electrons. The van der Waals surface area contributed by atoms with Crippen LogP contribution in [-0.4, -0.2) is 15.9 Å². The number of aromatic nitrogens is 2. The van der Waals surface area contributed by atoms with Crippen LogP contribution < -0.4 is 5.32 Å². The Morgan fingerprint density at radius 3 is 2.75 bits per heavy atom. The summed E-state index contributed by atoms with van der Waals surface area (Å²) < 4.78 is 0. The number of amides is 1. The van der Waals surface area contributed by atoms with Crippen molar-refractivity contribution < 1.29 is 4.79 Å². The van der Waals surface area contributed by atoms with Gasteiger partial charge in [0.25, 0.3) is 5.91 Å². The highest BCUT2D eigenvalue weighted by atomic mass is 16.2. The van der Waals surface area contributed by atoms with E-state index in [-0.39, 0.29) is 5.91 Å². The molecule has 2 N–H and O–H groups in total. The molecule has 4 nitrogen and oxygen atoms in total. The smallest absolute Gasteiger partial charge is 0.256 e. The fraction of sp³-hybridized carbons (Fsp3) is 0. The Labute approximate surface area is 139 Å². The number of carbonyl (C=O) groups excluding carboxylic acids is 1. The quantitative estimate of drug-likeness (QED) is 0.535. The Morgan fingerprint density at radius 2 is 1.96 bits per heavy atom. The average molecular weight is 311 g/mol. The number of aromatic amines is 1. The normalized spacial score (nSPS) is 14.0. The molecule has 0 spiro atoms. The minimum Gasteiger partial charge on any atom is -0.362 e. The highest BCUT2D eigenvalue weighted by Crippen LogP contribution is 2.33. The van der Waals surface area contributed by atoms with Crippen LogP contribution in [-0.2, 0) is 4.79 Å². The van der Waals surface area contributed by atoms with Crippen molar-refractivity contribution in [1.82, 2.24) is 9.97 Å². The minimum atomic E-state index is -0.100. The van der Waals surface area contributed by atoms with Crippen LogP contribution in [0.15, 0.2) is 61.1 Å². The Bertz CT molecular complexity index is 990. The molecule has 1 aliphatic heterocycles. The molecule has 4 heteroatoms. The number of benzene rings is 1. The van der Waals surface area contributed by atoms with Crippen LogP contribution in [0.5, 0.6) is 0 Å². The molecule has 0 saturated heterocycles. The number of hydrogen-bond acceptors (Lipinski definition) is 2. The van der Waals surface area contributed by atoms with Crippen LogP contribution in [0.25, 0.3) is 11.6 Å². The standard InChI is InChI=1S/C20H13N3O/c24-20-18(12-16-4-2-10-22-16)17-11-14(7-8-19(17)23-20)5-6-15-3-1-9-21-13-15/h1-4,7-13,22H,(H,23,24)/b18-12-. The van der Waals surface area contributed by atoms with Crippen molar-refractivity contribution in [3.63, 3.8) is 0 Å². The fourth-order valence-corrected chi connectivity index (χ4v) is 2.58. The summed E-state index contributed by atoms with van der Waals surface area (Å²) in [5, 5.41) is 2.88. The van der Waals surface area contributed by atoms with E-state index in [1.807, 2.05) is 54.7 Å². The summed E-state index contributed by atoms with van der Waals surface area (Å²) in [6.45, 7) is 0. The third kappa shape index (κ3) is 2.71. The van der Waals surface area contributed by atoms with Crippen LogP contribution in [0, 0.1) is 11.8 Å². The summed E-state index contributed by atoms with van der Waals surface area (Å²) in [4.78, 5) is 19.3. The molecule has 2 aromatic heterocycles. The monoisotopic (exact) mass is 311 g/mol. The van der Waals surface area contributed by atoms with E-state index in [0.29, 0.717) is 5.57 Å². The van der Waals surface area contributed by atoms with E-state index in [4.69, 9.17) is 0 Å². The number of hydrogen-bond donors (Lipinski definition) is 2. The first kappa shape index (κ1) is 14.0. The lowest BCUT2D eigenvalue weighted by Gasteiger charge is -1.99. The zero-order valence-corrected chi connectivity index (χ0v) is 12.7. The molecule has 0 atom stereocenters. The third-order valence-electron chi connectivity index (χ3n) is 3.74. The summed E-state index contributed by atoms with van der Waals surface area (Å²) in [7, 11) is 0. The third-order valence-corrected chi connectivity index (χ3v) is 3.74. The van der Waals surface area contributed by atoms with E-state index >= 15 is 0 Å². The molecule has 1 aromatic carbocycles. The molecule has 3 heterocycles. The molecular formula is C20H13N3O. The van der Waals surface area contributed by atoms with Gasteiger partial charge in [-0.2, -0.15) is 0 Å². The van der Waals surface area contributed by atoms with Gasteiger partial charge in [0.05, 0.1) is 5.57 Å². The summed E-state index contributed by atoms with van der Waals surface area (Å²) in [5.41, 5.74) is 4.91. The Hall–Kier alpha value is -3.58. The lowest BCUT2D eigenvalue weighted by molar-refractivity contribution is -0.110. The first-order valence-corrected chi connectivity index (χ1v) is 7.52. The Balaban J connectivity index is 1.72. The van der Waals surface area contributed by atoms with Crippen molar-refractivity contribution in [3.8, 4) is 11.8 Å². The van der Waals surface area contributed by atoms with Gasteiger partial charge in [0.1, 0.15) is 0 Å². The van der Waals surface area contributed by atoms with Gasteiger partial charge in [-0.05, 0) is 48.5 Å². The van der Waals surface area contributed by atoms with Gasteiger partial charge in [-0.3, -0.25) is 9.78 Å². The molecule has 4 rings (SSSR count). The Morgan fingerprint density at radius 1 is 1.04 bits per heavy atom. The number of pyridine rings is 1. The molecule has 0 aliphatic carbocycles. The maximum absolute atomic E-state index is 12.2. The number of nitrogens with zero attached hydrogens (tertiary/aromatic N) is 1. The summed E-state index contributed by atoms with van der Waals surface area (Å²) in [6.07, 6.45) is 7.12. The first-order chi connectivity index (χ1) is 11.8. The van der Waals surface area contributed by atoms with Gasteiger partial charge in [0.15, 0.2) is 0 Å². The molecule has 0 unspecified atom stereocenters. The summed E-state index contributed by atoms with van der Waals surface area (Å²) in [5.74, 6) is 6.10. The van der Waals surface area contributed by atoms with Crippen molar-refractivity contribution in [2.75, 3.05) is 5.32 Å². The van der Waals surface area contributed by atoms with Gasteiger partial charge < -0.3 is 10.3 Å². The molecule has 24 heavy (non-hydrogen) atoms. The lowest BCUT2D eigenvalue weighted by Crippen LogP contribution is -2.03. The molecule has 0 bridgehead atoms. The molecule has 0 radical (unpaired) electrons. The van der Waals surface area contributed by atoms with E-state index in [2.05, 4.69) is 27.1 Å². The number of carbonyl (C=O) groups is 1. The zero-order chi connectivity index (χ0) is 16.4. The van der Waals surface area contributed by atoms with Crippen molar-refractivity contribution in [1.29, 1.82) is 0 Å².